The summed E-state index contributed by atoms with van der Waals surface area (Å²) in [7, 11) is 0. The van der Waals surface area contributed by atoms with Gasteiger partial charge in [-0.3, -0.25) is 4.79 Å². The summed E-state index contributed by atoms with van der Waals surface area (Å²) < 4.78 is 5.69. The Hall–Kier alpha value is -1.51. The smallest absolute Gasteiger partial charge is 0.260 e. The van der Waals surface area contributed by atoms with E-state index < -0.39 is 6.10 Å². The average molecular weight is 291 g/mol. The molecule has 0 aliphatic carbocycles. The second-order valence-electron chi connectivity index (χ2n) is 6.53. The third-order valence-corrected chi connectivity index (χ3v) is 3.48. The number of unbranched alkanes of at least 4 members (excludes halogenated alkanes) is 2. The van der Waals surface area contributed by atoms with Crippen LogP contribution >= 0.6 is 0 Å². The molecule has 0 aliphatic rings. The zero-order valence-corrected chi connectivity index (χ0v) is 14.0. The lowest BCUT2D eigenvalue weighted by molar-refractivity contribution is -0.127. The van der Waals surface area contributed by atoms with Gasteiger partial charge < -0.3 is 10.1 Å². The van der Waals surface area contributed by atoms with Crippen LogP contribution < -0.4 is 10.1 Å². The molecule has 1 rings (SSSR count). The number of ether oxygens (including phenoxy) is 1. The SMILES string of the molecule is CCCCCNC(=O)C(C)Oc1ccc(C(C)(C)C)cc1. The van der Waals surface area contributed by atoms with Gasteiger partial charge in [-0.15, -0.1) is 0 Å². The predicted molar refractivity (Wildman–Crippen MR) is 87.8 cm³/mol. The molecule has 3 heteroatoms. The van der Waals surface area contributed by atoms with Crippen molar-refractivity contribution < 1.29 is 9.53 Å². The van der Waals surface area contributed by atoms with E-state index in [1.54, 1.807) is 6.92 Å². The molecule has 0 radical (unpaired) electrons. The highest BCUT2D eigenvalue weighted by Gasteiger charge is 2.16. The summed E-state index contributed by atoms with van der Waals surface area (Å²) in [4.78, 5) is 11.9. The Kier molecular flexibility index (Phi) is 6.73. The zero-order valence-electron chi connectivity index (χ0n) is 14.0. The molecule has 0 spiro atoms. The van der Waals surface area contributed by atoms with Gasteiger partial charge in [-0.2, -0.15) is 0 Å². The second-order valence-corrected chi connectivity index (χ2v) is 6.53. The third-order valence-electron chi connectivity index (χ3n) is 3.48. The molecule has 1 amide bonds. The van der Waals surface area contributed by atoms with Crippen molar-refractivity contribution >= 4 is 5.91 Å². The van der Waals surface area contributed by atoms with Gasteiger partial charge in [-0.25, -0.2) is 0 Å². The van der Waals surface area contributed by atoms with Gasteiger partial charge in [-0.05, 0) is 36.5 Å². The van der Waals surface area contributed by atoms with Gasteiger partial charge in [0.05, 0.1) is 0 Å². The van der Waals surface area contributed by atoms with Crippen LogP contribution in [0.4, 0.5) is 0 Å². The fourth-order valence-electron chi connectivity index (χ4n) is 2.02. The van der Waals surface area contributed by atoms with Gasteiger partial charge in [0.15, 0.2) is 6.10 Å². The number of benzene rings is 1. The Morgan fingerprint density at radius 2 is 1.81 bits per heavy atom. The van der Waals surface area contributed by atoms with E-state index in [-0.39, 0.29) is 11.3 Å². The van der Waals surface area contributed by atoms with Crippen molar-refractivity contribution in [3.8, 4) is 5.75 Å². The maximum atomic E-state index is 11.9. The van der Waals surface area contributed by atoms with Gasteiger partial charge >= 0.3 is 0 Å². The van der Waals surface area contributed by atoms with Gasteiger partial charge in [-0.1, -0.05) is 52.7 Å². The maximum absolute atomic E-state index is 11.9. The van der Waals surface area contributed by atoms with E-state index >= 15 is 0 Å². The van der Waals surface area contributed by atoms with E-state index in [1.807, 2.05) is 12.1 Å². The number of hydrogen-bond acceptors (Lipinski definition) is 2. The number of nitrogens with one attached hydrogen (secondary N) is 1. The van der Waals surface area contributed by atoms with Crippen LogP contribution in [0.5, 0.6) is 5.75 Å². The molecule has 0 aliphatic heterocycles. The summed E-state index contributed by atoms with van der Waals surface area (Å²) in [6.45, 7) is 11.2. The molecular formula is C18H29NO2. The third kappa shape index (κ3) is 6.19. The summed E-state index contributed by atoms with van der Waals surface area (Å²) in [5, 5.41) is 2.91. The molecule has 0 fully saturated rings. The first-order chi connectivity index (χ1) is 9.84. The molecule has 0 heterocycles. The molecule has 21 heavy (non-hydrogen) atoms. The molecule has 0 aromatic heterocycles. The van der Waals surface area contributed by atoms with E-state index in [0.29, 0.717) is 0 Å². The summed E-state index contributed by atoms with van der Waals surface area (Å²) in [6.07, 6.45) is 2.85. The standard InChI is InChI=1S/C18H29NO2/c1-6-7-8-13-19-17(20)14(2)21-16-11-9-15(10-12-16)18(3,4)5/h9-12,14H,6-8,13H2,1-5H3,(H,19,20). The molecule has 1 aromatic rings. The van der Waals surface area contributed by atoms with Crippen molar-refractivity contribution in [2.45, 2.75) is 65.4 Å². The minimum absolute atomic E-state index is 0.0500. The van der Waals surface area contributed by atoms with Crippen LogP contribution in [0.2, 0.25) is 0 Å². The van der Waals surface area contributed by atoms with Crippen molar-refractivity contribution in [3.63, 3.8) is 0 Å². The lowest BCUT2D eigenvalue weighted by atomic mass is 9.87. The fourth-order valence-corrected chi connectivity index (χ4v) is 2.02. The minimum Gasteiger partial charge on any atom is -0.481 e. The largest absolute Gasteiger partial charge is 0.481 e. The summed E-state index contributed by atoms with van der Waals surface area (Å²) in [5.41, 5.74) is 1.38. The van der Waals surface area contributed by atoms with Gasteiger partial charge in [0.2, 0.25) is 0 Å². The molecular weight excluding hydrogens is 262 g/mol. The van der Waals surface area contributed by atoms with Crippen molar-refractivity contribution in [3.05, 3.63) is 29.8 Å². The first-order valence-corrected chi connectivity index (χ1v) is 7.89. The highest BCUT2D eigenvalue weighted by molar-refractivity contribution is 5.80. The number of amides is 1. The Labute approximate surface area is 129 Å². The Morgan fingerprint density at radius 1 is 1.19 bits per heavy atom. The number of carbonyl (C=O) groups excluding carboxylic acids is 1. The molecule has 1 aromatic carbocycles. The van der Waals surface area contributed by atoms with Gasteiger partial charge in [0.25, 0.3) is 5.91 Å². The van der Waals surface area contributed by atoms with Crippen molar-refractivity contribution in [2.24, 2.45) is 0 Å². The summed E-state index contributed by atoms with van der Waals surface area (Å²) in [6, 6.07) is 7.98. The Balaban J connectivity index is 2.47. The fraction of sp³-hybridized carbons (Fsp3) is 0.611. The Morgan fingerprint density at radius 3 is 2.33 bits per heavy atom. The van der Waals surface area contributed by atoms with E-state index in [2.05, 4.69) is 45.1 Å². The number of carbonyl (C=O) groups is 1. The van der Waals surface area contributed by atoms with Crippen LogP contribution in [-0.2, 0) is 10.2 Å². The van der Waals surface area contributed by atoms with E-state index in [4.69, 9.17) is 4.74 Å². The lowest BCUT2D eigenvalue weighted by Crippen LogP contribution is -2.36. The van der Waals surface area contributed by atoms with Crippen LogP contribution in [-0.4, -0.2) is 18.6 Å². The van der Waals surface area contributed by atoms with Crippen LogP contribution in [0.15, 0.2) is 24.3 Å². The summed E-state index contributed by atoms with van der Waals surface area (Å²) >= 11 is 0. The molecule has 0 bridgehead atoms. The monoisotopic (exact) mass is 291 g/mol. The molecule has 3 nitrogen and oxygen atoms in total. The summed E-state index contributed by atoms with van der Waals surface area (Å²) in [5.74, 6) is 0.685. The normalized spacial score (nSPS) is 12.8. The molecule has 1 unspecified atom stereocenters. The highest BCUT2D eigenvalue weighted by atomic mass is 16.5. The zero-order chi connectivity index (χ0) is 15.9. The molecule has 0 saturated heterocycles. The van der Waals surface area contributed by atoms with Crippen molar-refractivity contribution in [1.29, 1.82) is 0 Å². The maximum Gasteiger partial charge on any atom is 0.260 e. The van der Waals surface area contributed by atoms with E-state index in [1.165, 1.54) is 5.56 Å². The lowest BCUT2D eigenvalue weighted by Gasteiger charge is -2.20. The topological polar surface area (TPSA) is 38.3 Å². The molecule has 1 atom stereocenters. The van der Waals surface area contributed by atoms with Gasteiger partial charge in [0, 0.05) is 6.54 Å². The van der Waals surface area contributed by atoms with Crippen LogP contribution in [0.25, 0.3) is 0 Å². The van der Waals surface area contributed by atoms with Gasteiger partial charge in [0.1, 0.15) is 5.75 Å². The number of rotatable bonds is 7. The molecule has 118 valence electrons. The minimum atomic E-state index is -0.466. The highest BCUT2D eigenvalue weighted by Crippen LogP contribution is 2.24. The molecule has 1 N–H and O–H groups in total. The van der Waals surface area contributed by atoms with Crippen molar-refractivity contribution in [2.75, 3.05) is 6.54 Å². The number of hydrogen-bond donors (Lipinski definition) is 1. The Bertz CT molecular complexity index is 432. The van der Waals surface area contributed by atoms with Crippen LogP contribution in [0.1, 0.15) is 59.4 Å². The molecule has 0 saturated carbocycles. The van der Waals surface area contributed by atoms with Crippen molar-refractivity contribution in [1.82, 2.24) is 5.32 Å². The second kappa shape index (κ2) is 8.06. The quantitative estimate of drug-likeness (QED) is 0.769. The predicted octanol–water partition coefficient (Wildman–Crippen LogP) is 4.06. The van der Waals surface area contributed by atoms with E-state index in [9.17, 15) is 4.79 Å². The van der Waals surface area contributed by atoms with E-state index in [0.717, 1.165) is 31.6 Å². The average Bonchev–Trinajstić information content (AvgIpc) is 2.43. The first kappa shape index (κ1) is 17.5. The van der Waals surface area contributed by atoms with Crippen LogP contribution in [0, 0.1) is 0 Å². The first-order valence-electron chi connectivity index (χ1n) is 7.89. The van der Waals surface area contributed by atoms with Crippen LogP contribution in [0.3, 0.4) is 0 Å².